The Hall–Kier alpha value is -1.91. The highest BCUT2D eigenvalue weighted by Crippen LogP contribution is 2.03. The molecule has 2 aromatic rings. The van der Waals surface area contributed by atoms with E-state index in [1.54, 1.807) is 12.1 Å². The molecule has 1 aromatic heterocycles. The average Bonchev–Trinajstić information content (AvgIpc) is 2.52. The summed E-state index contributed by atoms with van der Waals surface area (Å²) in [5.74, 6) is -0.143. The minimum Gasteiger partial charge on any atom is -0.362 e. The molecule has 5 heteroatoms. The molecule has 1 aromatic carbocycles. The van der Waals surface area contributed by atoms with Crippen LogP contribution in [0.1, 0.15) is 0 Å². The topological polar surface area (TPSA) is 55.9 Å². The molecular formula is C8H7FN3O+. The van der Waals surface area contributed by atoms with E-state index in [0.29, 0.717) is 5.69 Å². The van der Waals surface area contributed by atoms with Crippen LogP contribution >= 0.6 is 0 Å². The molecule has 13 heavy (non-hydrogen) atoms. The number of hydrogen-bond acceptors (Lipinski definition) is 3. The molecule has 0 amide bonds. The van der Waals surface area contributed by atoms with Crippen molar-refractivity contribution in [3.8, 4) is 5.69 Å². The minimum absolute atomic E-state index is 0.185. The number of rotatable bonds is 1. The Morgan fingerprint density at radius 3 is 2.92 bits per heavy atom. The summed E-state index contributed by atoms with van der Waals surface area (Å²) < 4.78 is 18.7. The highest BCUT2D eigenvalue weighted by Gasteiger charge is 2.12. The monoisotopic (exact) mass is 180 g/mol. The van der Waals surface area contributed by atoms with Gasteiger partial charge < -0.3 is 5.73 Å². The third kappa shape index (κ3) is 1.48. The van der Waals surface area contributed by atoms with Crippen LogP contribution in [0.15, 0.2) is 35.0 Å². The summed E-state index contributed by atoms with van der Waals surface area (Å²) in [6.07, 6.45) is 1.47. The second kappa shape index (κ2) is 2.85. The van der Waals surface area contributed by atoms with Crippen molar-refractivity contribution in [1.29, 1.82) is 0 Å². The number of nitrogens with zero attached hydrogens (tertiary/aromatic N) is 2. The molecule has 0 saturated heterocycles. The first-order valence-electron chi connectivity index (χ1n) is 3.66. The number of nitrogen functional groups attached to an aromatic ring is 1. The average molecular weight is 180 g/mol. The maximum absolute atomic E-state index is 12.8. The van der Waals surface area contributed by atoms with Gasteiger partial charge in [-0.25, -0.2) is 4.39 Å². The molecule has 0 aliphatic rings. The first kappa shape index (κ1) is 7.72. The summed E-state index contributed by atoms with van der Waals surface area (Å²) >= 11 is 0. The van der Waals surface area contributed by atoms with Gasteiger partial charge in [-0.3, -0.25) is 4.52 Å². The molecule has 0 unspecified atom stereocenters. The highest BCUT2D eigenvalue weighted by molar-refractivity contribution is 5.23. The fourth-order valence-electron chi connectivity index (χ4n) is 0.999. The maximum atomic E-state index is 12.8. The van der Waals surface area contributed by atoms with Gasteiger partial charge in [-0.15, -0.1) is 0 Å². The molecule has 0 atom stereocenters. The van der Waals surface area contributed by atoms with Crippen molar-refractivity contribution in [2.75, 3.05) is 5.73 Å². The third-order valence-electron chi connectivity index (χ3n) is 1.56. The number of benzene rings is 1. The zero-order valence-electron chi connectivity index (χ0n) is 6.64. The van der Waals surface area contributed by atoms with Crippen LogP contribution < -0.4 is 10.4 Å². The molecule has 1 heterocycles. The molecule has 0 spiro atoms. The predicted octanol–water partition coefficient (Wildman–Crippen LogP) is 0.673. The fourth-order valence-corrected chi connectivity index (χ4v) is 0.999. The van der Waals surface area contributed by atoms with Crippen molar-refractivity contribution in [2.24, 2.45) is 0 Å². The van der Waals surface area contributed by atoms with E-state index >= 15 is 0 Å². The Morgan fingerprint density at radius 2 is 2.31 bits per heavy atom. The molecule has 0 radical (unpaired) electrons. The number of halogens is 1. The molecule has 4 nitrogen and oxygen atoms in total. The predicted molar refractivity (Wildman–Crippen MR) is 42.4 cm³/mol. The summed E-state index contributed by atoms with van der Waals surface area (Å²) in [5, 5.41) is 3.58. The number of aromatic nitrogens is 2. The summed E-state index contributed by atoms with van der Waals surface area (Å²) in [5.41, 5.74) is 5.88. The van der Waals surface area contributed by atoms with Crippen molar-refractivity contribution in [3.05, 3.63) is 36.3 Å². The van der Waals surface area contributed by atoms with Crippen LogP contribution in [0.3, 0.4) is 0 Å². The lowest BCUT2D eigenvalue weighted by Crippen LogP contribution is -2.31. The van der Waals surface area contributed by atoms with Gasteiger partial charge in [0.1, 0.15) is 5.82 Å². The van der Waals surface area contributed by atoms with E-state index in [4.69, 9.17) is 5.73 Å². The van der Waals surface area contributed by atoms with Crippen LogP contribution in [0.4, 0.5) is 10.3 Å². The summed E-state index contributed by atoms with van der Waals surface area (Å²) in [6.45, 7) is 0. The molecule has 0 aliphatic heterocycles. The Morgan fingerprint density at radius 1 is 1.46 bits per heavy atom. The van der Waals surface area contributed by atoms with E-state index in [9.17, 15) is 4.39 Å². The molecule has 0 bridgehead atoms. The maximum Gasteiger partial charge on any atom is 0.293 e. The fraction of sp³-hybridized carbons (Fsp3) is 0. The van der Waals surface area contributed by atoms with E-state index in [1.807, 2.05) is 0 Å². The number of anilines is 1. The zero-order chi connectivity index (χ0) is 9.26. The van der Waals surface area contributed by atoms with E-state index in [1.165, 1.54) is 23.0 Å². The number of hydrogen-bond donors (Lipinski definition) is 1. The van der Waals surface area contributed by atoms with Gasteiger partial charge in [0.15, 0.2) is 0 Å². The molecular weight excluding hydrogens is 173 g/mol. The van der Waals surface area contributed by atoms with Crippen molar-refractivity contribution >= 4 is 5.88 Å². The quantitative estimate of drug-likeness (QED) is 0.656. The van der Waals surface area contributed by atoms with Crippen LogP contribution in [0, 0.1) is 5.82 Å². The van der Waals surface area contributed by atoms with Crippen molar-refractivity contribution in [3.63, 3.8) is 0 Å². The van der Waals surface area contributed by atoms with Gasteiger partial charge >= 0.3 is 0 Å². The highest BCUT2D eigenvalue weighted by atomic mass is 19.1. The Bertz CT molecular complexity index is 427. The summed E-state index contributed by atoms with van der Waals surface area (Å²) in [6, 6.07) is 5.98. The number of nitrogens with two attached hydrogens (primary N) is 1. The van der Waals surface area contributed by atoms with Gasteiger partial charge in [0, 0.05) is 12.1 Å². The molecule has 2 N–H and O–H groups in total. The van der Waals surface area contributed by atoms with E-state index in [-0.39, 0.29) is 11.7 Å². The molecule has 2 rings (SSSR count). The van der Waals surface area contributed by atoms with E-state index in [2.05, 4.69) is 9.79 Å². The van der Waals surface area contributed by atoms with Gasteiger partial charge in [0.2, 0.25) is 11.0 Å². The second-order valence-corrected chi connectivity index (χ2v) is 2.53. The smallest absolute Gasteiger partial charge is 0.293 e. The van der Waals surface area contributed by atoms with Crippen LogP contribution in [0.25, 0.3) is 5.69 Å². The standard InChI is InChI=1S/C8H7FN3O/c9-6-2-1-3-7(4-6)12-5-8(10)13-11-12/h1-5H,10H2/q+1. The van der Waals surface area contributed by atoms with Crippen LogP contribution in [-0.4, -0.2) is 5.27 Å². The lowest BCUT2D eigenvalue weighted by atomic mass is 10.3. The summed E-state index contributed by atoms with van der Waals surface area (Å²) in [4.78, 5) is 0. The molecule has 0 saturated carbocycles. The first-order chi connectivity index (χ1) is 6.25. The van der Waals surface area contributed by atoms with Gasteiger partial charge in [-0.2, -0.15) is 0 Å². The van der Waals surface area contributed by atoms with Crippen molar-refractivity contribution in [1.82, 2.24) is 5.27 Å². The zero-order valence-corrected chi connectivity index (χ0v) is 6.64. The Balaban J connectivity index is 2.46. The van der Waals surface area contributed by atoms with Crippen LogP contribution in [0.2, 0.25) is 0 Å². The third-order valence-corrected chi connectivity index (χ3v) is 1.56. The lowest BCUT2D eigenvalue weighted by Gasteiger charge is -1.86. The van der Waals surface area contributed by atoms with Gasteiger partial charge in [-0.05, 0) is 10.7 Å². The molecule has 0 aliphatic carbocycles. The largest absolute Gasteiger partial charge is 0.362 e. The Labute approximate surface area is 73.4 Å². The minimum atomic E-state index is -0.327. The first-order valence-corrected chi connectivity index (χ1v) is 3.66. The van der Waals surface area contributed by atoms with Crippen LogP contribution in [0.5, 0.6) is 0 Å². The lowest BCUT2D eigenvalue weighted by molar-refractivity contribution is -0.670. The van der Waals surface area contributed by atoms with E-state index in [0.717, 1.165) is 0 Å². The normalized spacial score (nSPS) is 10.2. The van der Waals surface area contributed by atoms with Crippen LogP contribution in [-0.2, 0) is 0 Å². The van der Waals surface area contributed by atoms with Gasteiger partial charge in [0.05, 0.1) is 0 Å². The SMILES string of the molecule is Nc1c[n+](-c2cccc(F)c2)no1. The van der Waals surface area contributed by atoms with Gasteiger partial charge in [-0.1, -0.05) is 6.07 Å². The van der Waals surface area contributed by atoms with Gasteiger partial charge in [0.25, 0.3) is 12.1 Å². The summed E-state index contributed by atoms with van der Waals surface area (Å²) in [7, 11) is 0. The second-order valence-electron chi connectivity index (χ2n) is 2.53. The van der Waals surface area contributed by atoms with Crippen molar-refractivity contribution in [2.45, 2.75) is 0 Å². The van der Waals surface area contributed by atoms with E-state index < -0.39 is 0 Å². The molecule has 66 valence electrons. The Kier molecular flexibility index (Phi) is 1.70. The molecule has 0 fully saturated rings. The van der Waals surface area contributed by atoms with Crippen molar-refractivity contribution < 1.29 is 13.6 Å².